The fourth-order valence-corrected chi connectivity index (χ4v) is 2.66. The molecule has 2 aromatic rings. The van der Waals surface area contributed by atoms with Crippen LogP contribution in [0.4, 0.5) is 5.69 Å². The summed E-state index contributed by atoms with van der Waals surface area (Å²) in [5, 5.41) is 8.58. The number of hydrogen-bond acceptors (Lipinski definition) is 2. The lowest BCUT2D eigenvalue weighted by Crippen LogP contribution is -2.56. The fourth-order valence-electron chi connectivity index (χ4n) is 1.84. The third kappa shape index (κ3) is 6.64. The second-order valence-corrected chi connectivity index (χ2v) is 8.61. The number of nitrogens with one attached hydrogen (secondary N) is 3. The van der Waals surface area contributed by atoms with Gasteiger partial charge in [-0.05, 0) is 48.6 Å². The van der Waals surface area contributed by atoms with Crippen molar-refractivity contribution in [2.45, 2.75) is 9.96 Å². The quantitative estimate of drug-likeness (QED) is 0.332. The van der Waals surface area contributed by atoms with E-state index < -0.39 is 15.9 Å². The molecule has 1 unspecified atom stereocenters. The molecule has 1 atom stereocenters. The van der Waals surface area contributed by atoms with Gasteiger partial charge in [-0.1, -0.05) is 68.9 Å². The van der Waals surface area contributed by atoms with Crippen LogP contribution in [-0.2, 0) is 0 Å². The Balaban J connectivity index is 2.04. The van der Waals surface area contributed by atoms with Gasteiger partial charge in [0.25, 0.3) is 5.91 Å². The summed E-state index contributed by atoms with van der Waals surface area (Å²) in [6.07, 6.45) is -1.03. The van der Waals surface area contributed by atoms with Gasteiger partial charge in [-0.2, -0.15) is 0 Å². The highest BCUT2D eigenvalue weighted by atomic mass is 79.9. The molecule has 0 aromatic heterocycles. The second-order valence-electron chi connectivity index (χ2n) is 4.92. The summed E-state index contributed by atoms with van der Waals surface area (Å²) in [6, 6.07) is 16.0. The predicted octanol–water partition coefficient (Wildman–Crippen LogP) is 4.86. The molecule has 9 heteroatoms. The number of halogens is 4. The number of carbonyl (C=O) groups is 1. The van der Waals surface area contributed by atoms with Crippen LogP contribution in [0.1, 0.15) is 10.4 Å². The number of thiocarbonyl (C=S) groups is 1. The summed E-state index contributed by atoms with van der Waals surface area (Å²) in [6.45, 7) is 0. The minimum atomic E-state index is -1.81. The SMILES string of the molecule is O=C(NC(NC(=S)Nc1ccccc1)C(Cl)(Cl)Cl)c1ccc(Br)cc1. The molecule has 0 fully saturated rings. The smallest absolute Gasteiger partial charge is 0.252 e. The van der Waals surface area contributed by atoms with E-state index in [0.29, 0.717) is 5.56 Å². The number of rotatable bonds is 4. The molecule has 0 saturated heterocycles. The normalized spacial score (nSPS) is 12.2. The van der Waals surface area contributed by atoms with Gasteiger partial charge >= 0.3 is 0 Å². The van der Waals surface area contributed by atoms with Gasteiger partial charge in [-0.25, -0.2) is 0 Å². The number of benzene rings is 2. The standard InChI is InChI=1S/C16H13BrCl3N3OS/c17-11-8-6-10(7-9-11)13(24)22-14(16(18,19)20)23-15(25)21-12-4-2-1-3-5-12/h1-9,14H,(H,22,24)(H2,21,23,25). The zero-order valence-corrected chi connectivity index (χ0v) is 17.3. The summed E-state index contributed by atoms with van der Waals surface area (Å²) in [5.41, 5.74) is 1.19. The summed E-state index contributed by atoms with van der Waals surface area (Å²) in [7, 11) is 0. The van der Waals surface area contributed by atoms with Crippen LogP contribution in [0.3, 0.4) is 0 Å². The average molecular weight is 482 g/mol. The Morgan fingerprint density at radius 2 is 1.60 bits per heavy atom. The molecule has 0 heterocycles. The lowest BCUT2D eigenvalue weighted by molar-refractivity contribution is 0.0934. The third-order valence-electron chi connectivity index (χ3n) is 3.02. The molecular formula is C16H13BrCl3N3OS. The number of para-hydroxylation sites is 1. The van der Waals surface area contributed by atoms with E-state index in [2.05, 4.69) is 31.9 Å². The lowest BCUT2D eigenvalue weighted by Gasteiger charge is -2.27. The first-order valence-electron chi connectivity index (χ1n) is 7.01. The van der Waals surface area contributed by atoms with Crippen LogP contribution in [0.25, 0.3) is 0 Å². The minimum absolute atomic E-state index is 0.207. The number of hydrogen-bond donors (Lipinski definition) is 3. The van der Waals surface area contributed by atoms with Crippen molar-refractivity contribution in [3.63, 3.8) is 0 Å². The molecule has 0 aliphatic rings. The summed E-state index contributed by atoms with van der Waals surface area (Å²) >= 11 is 26.4. The third-order valence-corrected chi connectivity index (χ3v) is 4.42. The van der Waals surface area contributed by atoms with Crippen molar-refractivity contribution in [3.8, 4) is 0 Å². The maximum Gasteiger partial charge on any atom is 0.252 e. The zero-order chi connectivity index (χ0) is 18.4. The minimum Gasteiger partial charge on any atom is -0.339 e. The Morgan fingerprint density at radius 1 is 1.00 bits per heavy atom. The fraction of sp³-hybridized carbons (Fsp3) is 0.125. The van der Waals surface area contributed by atoms with E-state index in [0.717, 1.165) is 10.2 Å². The van der Waals surface area contributed by atoms with Gasteiger partial charge in [0.2, 0.25) is 3.79 Å². The van der Waals surface area contributed by atoms with E-state index in [1.54, 1.807) is 24.3 Å². The second kappa shape index (κ2) is 9.05. The predicted molar refractivity (Wildman–Crippen MR) is 111 cm³/mol. The van der Waals surface area contributed by atoms with Gasteiger partial charge in [0.05, 0.1) is 0 Å². The molecule has 0 radical (unpaired) electrons. The van der Waals surface area contributed by atoms with Gasteiger partial charge < -0.3 is 16.0 Å². The first kappa shape index (κ1) is 20.3. The van der Waals surface area contributed by atoms with Crippen molar-refractivity contribution >= 4 is 79.7 Å². The number of amides is 1. The van der Waals surface area contributed by atoms with Crippen LogP contribution >= 0.6 is 63.0 Å². The maximum absolute atomic E-state index is 12.3. The Bertz CT molecular complexity index is 739. The van der Waals surface area contributed by atoms with Gasteiger partial charge in [0.15, 0.2) is 5.11 Å². The average Bonchev–Trinajstić information content (AvgIpc) is 2.54. The van der Waals surface area contributed by atoms with Crippen LogP contribution in [0, 0.1) is 0 Å². The van der Waals surface area contributed by atoms with E-state index in [9.17, 15) is 4.79 Å². The molecule has 0 spiro atoms. The molecule has 2 rings (SSSR count). The molecule has 4 nitrogen and oxygen atoms in total. The maximum atomic E-state index is 12.3. The molecule has 25 heavy (non-hydrogen) atoms. The molecule has 2 aromatic carbocycles. The summed E-state index contributed by atoms with van der Waals surface area (Å²) in [5.74, 6) is -0.404. The number of anilines is 1. The van der Waals surface area contributed by atoms with Crippen molar-refractivity contribution in [2.24, 2.45) is 0 Å². The highest BCUT2D eigenvalue weighted by Crippen LogP contribution is 2.29. The van der Waals surface area contributed by atoms with Crippen molar-refractivity contribution in [3.05, 3.63) is 64.6 Å². The number of carbonyl (C=O) groups excluding carboxylic acids is 1. The van der Waals surface area contributed by atoms with E-state index in [1.807, 2.05) is 30.3 Å². The molecule has 0 aliphatic carbocycles. The van der Waals surface area contributed by atoms with Gasteiger partial charge in [-0.3, -0.25) is 4.79 Å². The Labute approximate surface area is 174 Å². The van der Waals surface area contributed by atoms with Gasteiger partial charge in [0, 0.05) is 15.7 Å². The number of alkyl halides is 3. The Kier molecular flexibility index (Phi) is 7.34. The molecule has 1 amide bonds. The molecule has 0 saturated carbocycles. The molecule has 0 aliphatic heterocycles. The van der Waals surface area contributed by atoms with Crippen molar-refractivity contribution in [2.75, 3.05) is 5.32 Å². The lowest BCUT2D eigenvalue weighted by atomic mass is 10.2. The van der Waals surface area contributed by atoms with Crippen LogP contribution in [-0.4, -0.2) is 21.0 Å². The van der Waals surface area contributed by atoms with E-state index in [1.165, 1.54) is 0 Å². The van der Waals surface area contributed by atoms with Crippen molar-refractivity contribution in [1.82, 2.24) is 10.6 Å². The molecule has 3 N–H and O–H groups in total. The first-order valence-corrected chi connectivity index (χ1v) is 9.35. The van der Waals surface area contributed by atoms with Gasteiger partial charge in [0.1, 0.15) is 6.17 Å². The molecular weight excluding hydrogens is 469 g/mol. The zero-order valence-electron chi connectivity index (χ0n) is 12.6. The highest BCUT2D eigenvalue weighted by molar-refractivity contribution is 9.10. The van der Waals surface area contributed by atoms with Gasteiger partial charge in [-0.15, -0.1) is 0 Å². The van der Waals surface area contributed by atoms with Crippen LogP contribution in [0.15, 0.2) is 59.1 Å². The van der Waals surface area contributed by atoms with Crippen molar-refractivity contribution < 1.29 is 4.79 Å². The largest absolute Gasteiger partial charge is 0.339 e. The van der Waals surface area contributed by atoms with E-state index in [-0.39, 0.29) is 5.11 Å². The molecule has 0 bridgehead atoms. The topological polar surface area (TPSA) is 53.2 Å². The van der Waals surface area contributed by atoms with Crippen LogP contribution in [0.5, 0.6) is 0 Å². The monoisotopic (exact) mass is 479 g/mol. The highest BCUT2D eigenvalue weighted by Gasteiger charge is 2.34. The van der Waals surface area contributed by atoms with Crippen LogP contribution in [0.2, 0.25) is 0 Å². The summed E-state index contributed by atoms with van der Waals surface area (Å²) in [4.78, 5) is 12.3. The van der Waals surface area contributed by atoms with E-state index in [4.69, 9.17) is 47.0 Å². The van der Waals surface area contributed by atoms with Crippen LogP contribution < -0.4 is 16.0 Å². The Hall–Kier alpha value is -1.05. The Morgan fingerprint density at radius 3 is 2.16 bits per heavy atom. The van der Waals surface area contributed by atoms with Crippen molar-refractivity contribution in [1.29, 1.82) is 0 Å². The van der Waals surface area contributed by atoms with E-state index >= 15 is 0 Å². The molecule has 132 valence electrons. The summed E-state index contributed by atoms with van der Waals surface area (Å²) < 4.78 is -0.957. The first-order chi connectivity index (χ1) is 11.8.